The summed E-state index contributed by atoms with van der Waals surface area (Å²) in [5.41, 5.74) is 1.97. The standard InChI is InChI=1S/C23H23N5O3/c1-31-21-12-19-17(13-28(26-19)18-6-4-15(14-29)5-7-18)11-20(21)25-23(30)27-10-8-16-3-2-9-24-22(16)27/h2-3,8-15,18H,4-7H2,1H3,(H,25,30). The number of anilines is 1. The van der Waals surface area contributed by atoms with Gasteiger partial charge in [-0.1, -0.05) is 0 Å². The van der Waals surface area contributed by atoms with Gasteiger partial charge in [-0.05, 0) is 49.9 Å². The van der Waals surface area contributed by atoms with Crippen molar-refractivity contribution in [1.82, 2.24) is 19.3 Å². The lowest BCUT2D eigenvalue weighted by Crippen LogP contribution is -2.19. The van der Waals surface area contributed by atoms with Gasteiger partial charge in [0, 0.05) is 41.3 Å². The highest BCUT2D eigenvalue weighted by Gasteiger charge is 2.23. The van der Waals surface area contributed by atoms with Gasteiger partial charge >= 0.3 is 6.03 Å². The molecule has 8 nitrogen and oxygen atoms in total. The Balaban J connectivity index is 1.43. The molecular formula is C23H23N5O3. The summed E-state index contributed by atoms with van der Waals surface area (Å²) < 4.78 is 8.98. The monoisotopic (exact) mass is 417 g/mol. The number of aldehydes is 1. The molecule has 1 aromatic carbocycles. The summed E-state index contributed by atoms with van der Waals surface area (Å²) in [5, 5.41) is 9.48. The van der Waals surface area contributed by atoms with E-state index in [1.54, 1.807) is 19.5 Å². The quantitative estimate of drug-likeness (QED) is 0.497. The Bertz CT molecular complexity index is 1270. The van der Waals surface area contributed by atoms with Crippen molar-refractivity contribution >= 4 is 39.9 Å². The molecule has 31 heavy (non-hydrogen) atoms. The highest BCUT2D eigenvalue weighted by Crippen LogP contribution is 2.34. The molecule has 1 fully saturated rings. The number of hydrogen-bond donors (Lipinski definition) is 1. The predicted molar refractivity (Wildman–Crippen MR) is 117 cm³/mol. The molecular weight excluding hydrogens is 394 g/mol. The van der Waals surface area contributed by atoms with Gasteiger partial charge in [0.1, 0.15) is 17.7 Å². The van der Waals surface area contributed by atoms with Gasteiger partial charge in [0.25, 0.3) is 0 Å². The van der Waals surface area contributed by atoms with Crippen LogP contribution in [0.4, 0.5) is 10.5 Å². The van der Waals surface area contributed by atoms with Gasteiger partial charge in [0.2, 0.25) is 0 Å². The molecule has 158 valence electrons. The molecule has 0 atom stereocenters. The van der Waals surface area contributed by atoms with E-state index >= 15 is 0 Å². The maximum Gasteiger partial charge on any atom is 0.331 e. The zero-order valence-corrected chi connectivity index (χ0v) is 17.2. The van der Waals surface area contributed by atoms with Gasteiger partial charge in [0.15, 0.2) is 0 Å². The molecule has 3 heterocycles. The van der Waals surface area contributed by atoms with E-state index in [4.69, 9.17) is 9.84 Å². The molecule has 3 aromatic heterocycles. The van der Waals surface area contributed by atoms with Crippen LogP contribution >= 0.6 is 0 Å². The van der Waals surface area contributed by atoms with Gasteiger partial charge < -0.3 is 14.8 Å². The van der Waals surface area contributed by atoms with E-state index in [-0.39, 0.29) is 18.0 Å². The summed E-state index contributed by atoms with van der Waals surface area (Å²) in [4.78, 5) is 28.2. The molecule has 1 amide bonds. The molecule has 5 rings (SSSR count). The Labute approximate surface area is 178 Å². The van der Waals surface area contributed by atoms with Gasteiger partial charge in [0.05, 0.1) is 24.4 Å². The van der Waals surface area contributed by atoms with Crippen LogP contribution in [0.5, 0.6) is 5.75 Å². The number of rotatable bonds is 4. The van der Waals surface area contributed by atoms with Crippen LogP contribution in [0, 0.1) is 5.92 Å². The van der Waals surface area contributed by atoms with Crippen LogP contribution in [0.15, 0.2) is 48.9 Å². The molecule has 1 aliphatic carbocycles. The first kappa shape index (κ1) is 19.3. The number of methoxy groups -OCH3 is 1. The highest BCUT2D eigenvalue weighted by molar-refractivity contribution is 6.00. The van der Waals surface area contributed by atoms with Gasteiger partial charge in [-0.2, -0.15) is 5.10 Å². The molecule has 0 spiro atoms. The zero-order valence-electron chi connectivity index (χ0n) is 17.2. The van der Waals surface area contributed by atoms with Crippen molar-refractivity contribution in [2.75, 3.05) is 12.4 Å². The number of ether oxygens (including phenoxy) is 1. The fraction of sp³-hybridized carbons (Fsp3) is 0.304. The maximum absolute atomic E-state index is 12.9. The second kappa shape index (κ2) is 7.86. The smallest absolute Gasteiger partial charge is 0.331 e. The highest BCUT2D eigenvalue weighted by atomic mass is 16.5. The van der Waals surface area contributed by atoms with Crippen molar-refractivity contribution in [3.63, 3.8) is 0 Å². The fourth-order valence-corrected chi connectivity index (χ4v) is 4.33. The average molecular weight is 417 g/mol. The largest absolute Gasteiger partial charge is 0.494 e. The number of carbonyl (C=O) groups excluding carboxylic acids is 2. The van der Waals surface area contributed by atoms with E-state index in [2.05, 4.69) is 10.3 Å². The third-order valence-electron chi connectivity index (χ3n) is 6.06. The normalized spacial score (nSPS) is 18.9. The first-order valence-electron chi connectivity index (χ1n) is 10.4. The Morgan fingerprint density at radius 2 is 2.03 bits per heavy atom. The van der Waals surface area contributed by atoms with Crippen LogP contribution in [0.2, 0.25) is 0 Å². The number of carbonyl (C=O) groups is 2. The fourth-order valence-electron chi connectivity index (χ4n) is 4.33. The molecule has 0 saturated heterocycles. The average Bonchev–Trinajstić information content (AvgIpc) is 3.42. The SMILES string of the molecule is COc1cc2nn(C3CCC(C=O)CC3)cc2cc1NC(=O)n1ccc2cccnc21. The van der Waals surface area contributed by atoms with Gasteiger partial charge in [-0.25, -0.2) is 9.78 Å². The van der Waals surface area contributed by atoms with E-state index in [1.165, 1.54) is 4.57 Å². The van der Waals surface area contributed by atoms with E-state index in [9.17, 15) is 9.59 Å². The number of nitrogens with zero attached hydrogens (tertiary/aromatic N) is 4. The van der Waals surface area contributed by atoms with Crippen LogP contribution in [0.1, 0.15) is 31.7 Å². The first-order valence-corrected chi connectivity index (χ1v) is 10.4. The molecule has 8 heteroatoms. The molecule has 4 aromatic rings. The molecule has 0 bridgehead atoms. The zero-order chi connectivity index (χ0) is 21.4. The number of hydrogen-bond acceptors (Lipinski definition) is 5. The molecule has 0 unspecified atom stereocenters. The number of fused-ring (bicyclic) bond motifs is 2. The van der Waals surface area contributed by atoms with Crippen molar-refractivity contribution in [2.45, 2.75) is 31.7 Å². The summed E-state index contributed by atoms with van der Waals surface area (Å²) in [6, 6.07) is 9.29. The second-order valence-electron chi connectivity index (χ2n) is 7.96. The van der Waals surface area contributed by atoms with Crippen LogP contribution in [-0.4, -0.2) is 38.8 Å². The molecule has 0 aliphatic heterocycles. The van der Waals surface area contributed by atoms with Crippen molar-refractivity contribution < 1.29 is 14.3 Å². The molecule has 1 saturated carbocycles. The van der Waals surface area contributed by atoms with Crippen LogP contribution < -0.4 is 10.1 Å². The van der Waals surface area contributed by atoms with E-state index < -0.39 is 0 Å². The number of amides is 1. The summed E-state index contributed by atoms with van der Waals surface area (Å²) in [6.45, 7) is 0. The van der Waals surface area contributed by atoms with Crippen molar-refractivity contribution in [1.29, 1.82) is 0 Å². The lowest BCUT2D eigenvalue weighted by Gasteiger charge is -2.25. The maximum atomic E-state index is 12.9. The molecule has 1 N–H and O–H groups in total. The molecule has 0 radical (unpaired) electrons. The Morgan fingerprint density at radius 1 is 1.19 bits per heavy atom. The second-order valence-corrected chi connectivity index (χ2v) is 7.96. The van der Waals surface area contributed by atoms with Crippen molar-refractivity contribution in [3.05, 3.63) is 48.9 Å². The first-order chi connectivity index (χ1) is 15.2. The Hall–Kier alpha value is -3.68. The predicted octanol–water partition coefficient (Wildman–Crippen LogP) is 4.41. The van der Waals surface area contributed by atoms with Crippen LogP contribution in [-0.2, 0) is 4.79 Å². The lowest BCUT2D eigenvalue weighted by molar-refractivity contribution is -0.112. The lowest BCUT2D eigenvalue weighted by atomic mass is 9.87. The topological polar surface area (TPSA) is 91.0 Å². The van der Waals surface area contributed by atoms with Gasteiger partial charge in [-0.15, -0.1) is 0 Å². The number of benzene rings is 1. The molecule has 1 aliphatic rings. The van der Waals surface area contributed by atoms with Crippen molar-refractivity contribution in [3.8, 4) is 5.75 Å². The van der Waals surface area contributed by atoms with Crippen LogP contribution in [0.25, 0.3) is 21.9 Å². The number of nitrogens with one attached hydrogen (secondary N) is 1. The van der Waals surface area contributed by atoms with E-state index in [0.717, 1.165) is 48.3 Å². The summed E-state index contributed by atoms with van der Waals surface area (Å²) in [5.74, 6) is 0.711. The van der Waals surface area contributed by atoms with E-state index in [1.807, 2.05) is 41.2 Å². The minimum Gasteiger partial charge on any atom is -0.494 e. The third kappa shape index (κ3) is 3.54. The van der Waals surface area contributed by atoms with E-state index in [0.29, 0.717) is 17.1 Å². The number of pyridine rings is 1. The minimum atomic E-state index is -0.314. The number of aromatic nitrogens is 4. The summed E-state index contributed by atoms with van der Waals surface area (Å²) in [6.07, 6.45) is 10.1. The Morgan fingerprint density at radius 3 is 2.81 bits per heavy atom. The van der Waals surface area contributed by atoms with Crippen molar-refractivity contribution in [2.24, 2.45) is 5.92 Å². The Kier molecular flexibility index (Phi) is 4.89. The summed E-state index contributed by atoms with van der Waals surface area (Å²) in [7, 11) is 1.57. The minimum absolute atomic E-state index is 0.169. The third-order valence-corrected chi connectivity index (χ3v) is 6.06. The summed E-state index contributed by atoms with van der Waals surface area (Å²) >= 11 is 0. The van der Waals surface area contributed by atoms with Gasteiger partial charge in [-0.3, -0.25) is 9.25 Å². The van der Waals surface area contributed by atoms with Crippen LogP contribution in [0.3, 0.4) is 0 Å².